The third kappa shape index (κ3) is 7.53. The number of rotatable bonds is 6. The second kappa shape index (κ2) is 12.6. The van der Waals surface area contributed by atoms with Crippen molar-refractivity contribution in [1.82, 2.24) is 15.3 Å². The van der Waals surface area contributed by atoms with Crippen molar-refractivity contribution in [2.45, 2.75) is 69.4 Å². The van der Waals surface area contributed by atoms with Gasteiger partial charge in [-0.05, 0) is 87.8 Å². The van der Waals surface area contributed by atoms with Crippen LogP contribution in [0.1, 0.15) is 68.9 Å². The van der Waals surface area contributed by atoms with E-state index < -0.39 is 57.1 Å². The number of anilines is 1. The number of carbonyl (C=O) groups excluding carboxylic acids is 2. The lowest BCUT2D eigenvalue weighted by molar-refractivity contribution is 0.0482. The molecular formula is C30H33F3N4O4S. The highest BCUT2D eigenvalue weighted by molar-refractivity contribution is 7.84. The summed E-state index contributed by atoms with van der Waals surface area (Å²) in [6.07, 6.45) is 6.03. The molecule has 3 aromatic rings. The van der Waals surface area contributed by atoms with E-state index in [1.807, 2.05) is 0 Å². The normalized spacial score (nSPS) is 19.6. The number of amides is 2. The Balaban J connectivity index is 1.57. The van der Waals surface area contributed by atoms with E-state index in [1.54, 1.807) is 33.0 Å². The number of aromatic nitrogens is 2. The molecule has 0 aliphatic heterocycles. The summed E-state index contributed by atoms with van der Waals surface area (Å²) in [5.74, 6) is -3.83. The molecule has 1 aliphatic rings. The Labute approximate surface area is 244 Å². The molecule has 8 nitrogen and oxygen atoms in total. The number of hydrogen-bond donors (Lipinski definition) is 2. The molecule has 2 amide bonds. The van der Waals surface area contributed by atoms with E-state index in [9.17, 15) is 27.0 Å². The number of benzene rings is 1. The van der Waals surface area contributed by atoms with Gasteiger partial charge in [-0.2, -0.15) is 0 Å². The van der Waals surface area contributed by atoms with E-state index in [2.05, 4.69) is 27.5 Å². The number of nitrogens with one attached hydrogen (secondary N) is 2. The van der Waals surface area contributed by atoms with Gasteiger partial charge in [0.15, 0.2) is 0 Å². The highest BCUT2D eigenvalue weighted by Gasteiger charge is 2.31. The maximum Gasteiger partial charge on any atom is 0.407 e. The van der Waals surface area contributed by atoms with Gasteiger partial charge in [0.05, 0.1) is 17.4 Å². The van der Waals surface area contributed by atoms with Crippen LogP contribution in [0.15, 0.2) is 47.6 Å². The van der Waals surface area contributed by atoms with Gasteiger partial charge >= 0.3 is 6.09 Å². The topological polar surface area (TPSA) is 110 Å². The first-order valence-corrected chi connectivity index (χ1v) is 15.0. The van der Waals surface area contributed by atoms with Crippen LogP contribution in [0, 0.1) is 23.4 Å². The van der Waals surface area contributed by atoms with Gasteiger partial charge in [0.2, 0.25) is 0 Å². The van der Waals surface area contributed by atoms with Crippen molar-refractivity contribution in [2.75, 3.05) is 11.6 Å². The Hall–Kier alpha value is -3.80. The minimum Gasteiger partial charge on any atom is -0.444 e. The van der Waals surface area contributed by atoms with Crippen LogP contribution >= 0.6 is 0 Å². The average Bonchev–Trinajstić information content (AvgIpc) is 2.88. The lowest BCUT2D eigenvalue weighted by Crippen LogP contribution is -2.42. The smallest absolute Gasteiger partial charge is 0.407 e. The average molecular weight is 603 g/mol. The fourth-order valence-corrected chi connectivity index (χ4v) is 5.73. The molecular weight excluding hydrogens is 569 g/mol. The quantitative estimate of drug-likeness (QED) is 0.340. The van der Waals surface area contributed by atoms with Crippen LogP contribution in [0.5, 0.6) is 0 Å². The van der Waals surface area contributed by atoms with Crippen LogP contribution in [0.2, 0.25) is 0 Å². The number of alkyl carbamates (subject to hydrolysis) is 1. The van der Waals surface area contributed by atoms with Gasteiger partial charge in [0.25, 0.3) is 5.91 Å². The molecule has 4 unspecified atom stereocenters. The fourth-order valence-electron chi connectivity index (χ4n) is 5.19. The number of pyridine rings is 2. The number of halogens is 3. The van der Waals surface area contributed by atoms with Crippen molar-refractivity contribution in [1.29, 1.82) is 0 Å². The Morgan fingerprint density at radius 3 is 2.36 bits per heavy atom. The second-order valence-corrected chi connectivity index (χ2v) is 12.9. The molecule has 2 N–H and O–H groups in total. The van der Waals surface area contributed by atoms with Gasteiger partial charge in [-0.3, -0.25) is 14.0 Å². The minimum atomic E-state index is -1.66. The molecule has 1 aromatic carbocycles. The van der Waals surface area contributed by atoms with Crippen molar-refractivity contribution >= 4 is 28.5 Å². The standard InChI is InChI=1S/C30H33F3N4O4S/c1-16-10-17(12-18(11-16)35-29(39)41-30(2,3)4)20-8-9-34-15-25(20)37-28(38)24-7-6-21(31)27(36-24)26-22(32)13-19(42(5)40)14-23(26)33/h6-9,13-18H,10-12H2,1-5H3,(H,35,39)(H,37,38). The van der Waals surface area contributed by atoms with Crippen LogP contribution in [-0.2, 0) is 15.5 Å². The Bertz CT molecular complexity index is 1510. The maximum absolute atomic E-state index is 14.8. The summed E-state index contributed by atoms with van der Waals surface area (Å²) in [6.45, 7) is 7.47. The van der Waals surface area contributed by atoms with Crippen molar-refractivity contribution in [3.63, 3.8) is 0 Å². The van der Waals surface area contributed by atoms with Gasteiger partial charge in [0, 0.05) is 34.2 Å². The molecule has 0 spiro atoms. The first kappa shape index (κ1) is 31.1. The maximum atomic E-state index is 14.8. The summed E-state index contributed by atoms with van der Waals surface area (Å²) in [6, 6.07) is 5.35. The molecule has 2 aromatic heterocycles. The third-order valence-electron chi connectivity index (χ3n) is 6.87. The monoisotopic (exact) mass is 602 g/mol. The minimum absolute atomic E-state index is 0.0328. The Morgan fingerprint density at radius 1 is 1.02 bits per heavy atom. The van der Waals surface area contributed by atoms with Crippen LogP contribution in [-0.4, -0.2) is 44.1 Å². The lowest BCUT2D eigenvalue weighted by Gasteiger charge is -2.35. The molecule has 4 atom stereocenters. The molecule has 0 radical (unpaired) electrons. The first-order chi connectivity index (χ1) is 19.7. The molecule has 1 fully saturated rings. The summed E-state index contributed by atoms with van der Waals surface area (Å²) >= 11 is 0. The summed E-state index contributed by atoms with van der Waals surface area (Å²) in [5, 5.41) is 5.70. The predicted octanol–water partition coefficient (Wildman–Crippen LogP) is 6.35. The summed E-state index contributed by atoms with van der Waals surface area (Å²) in [4.78, 5) is 33.6. The molecule has 2 heterocycles. The van der Waals surface area contributed by atoms with E-state index in [0.717, 1.165) is 42.7 Å². The van der Waals surface area contributed by atoms with E-state index in [-0.39, 0.29) is 28.5 Å². The SMILES string of the molecule is CC1CC(NC(=O)OC(C)(C)C)CC(c2ccncc2NC(=O)c2ccc(F)c(-c3c(F)cc(S(C)=O)cc3F)n2)C1. The fraction of sp³-hybridized carbons (Fsp3) is 0.400. The molecule has 4 rings (SSSR count). The zero-order valence-corrected chi connectivity index (χ0v) is 24.8. The highest BCUT2D eigenvalue weighted by atomic mass is 32.2. The van der Waals surface area contributed by atoms with Crippen LogP contribution < -0.4 is 10.6 Å². The van der Waals surface area contributed by atoms with Crippen molar-refractivity contribution in [2.24, 2.45) is 5.92 Å². The molecule has 1 aliphatic carbocycles. The van der Waals surface area contributed by atoms with Crippen LogP contribution in [0.3, 0.4) is 0 Å². The number of nitrogens with zero attached hydrogens (tertiary/aromatic N) is 2. The summed E-state index contributed by atoms with van der Waals surface area (Å²) in [7, 11) is -1.66. The van der Waals surface area contributed by atoms with E-state index in [1.165, 1.54) is 12.5 Å². The number of ether oxygens (including phenoxy) is 1. The molecule has 42 heavy (non-hydrogen) atoms. The van der Waals surface area contributed by atoms with Gasteiger partial charge in [0.1, 0.15) is 34.4 Å². The van der Waals surface area contributed by atoms with E-state index in [4.69, 9.17) is 4.74 Å². The molecule has 1 saturated carbocycles. The van der Waals surface area contributed by atoms with Gasteiger partial charge < -0.3 is 15.4 Å². The lowest BCUT2D eigenvalue weighted by atomic mass is 9.76. The molecule has 0 saturated heterocycles. The van der Waals surface area contributed by atoms with Gasteiger partial charge in [-0.1, -0.05) is 6.92 Å². The Kier molecular flexibility index (Phi) is 9.34. The zero-order chi connectivity index (χ0) is 30.8. The predicted molar refractivity (Wildman–Crippen MR) is 153 cm³/mol. The second-order valence-electron chi connectivity index (χ2n) is 11.5. The Morgan fingerprint density at radius 2 is 1.71 bits per heavy atom. The first-order valence-electron chi connectivity index (χ1n) is 13.5. The molecule has 12 heteroatoms. The summed E-state index contributed by atoms with van der Waals surface area (Å²) in [5.41, 5.74) is -1.16. The zero-order valence-electron chi connectivity index (χ0n) is 24.0. The van der Waals surface area contributed by atoms with Gasteiger partial charge in [-0.25, -0.2) is 22.9 Å². The molecule has 0 bridgehead atoms. The number of carbonyl (C=O) groups is 2. The van der Waals surface area contributed by atoms with Crippen molar-refractivity contribution < 1.29 is 31.7 Å². The third-order valence-corrected chi connectivity index (χ3v) is 7.77. The van der Waals surface area contributed by atoms with Crippen LogP contribution in [0.25, 0.3) is 11.3 Å². The summed E-state index contributed by atoms with van der Waals surface area (Å²) < 4.78 is 61.3. The van der Waals surface area contributed by atoms with Crippen molar-refractivity contribution in [3.8, 4) is 11.3 Å². The number of hydrogen-bond acceptors (Lipinski definition) is 6. The highest BCUT2D eigenvalue weighted by Crippen LogP contribution is 2.39. The van der Waals surface area contributed by atoms with Crippen LogP contribution in [0.4, 0.5) is 23.7 Å². The van der Waals surface area contributed by atoms with E-state index >= 15 is 0 Å². The van der Waals surface area contributed by atoms with E-state index in [0.29, 0.717) is 12.1 Å². The molecule has 224 valence electrons. The van der Waals surface area contributed by atoms with Gasteiger partial charge in [-0.15, -0.1) is 0 Å². The van der Waals surface area contributed by atoms with Crippen molar-refractivity contribution in [3.05, 3.63) is 71.4 Å². The largest absolute Gasteiger partial charge is 0.444 e.